The molecule has 10 heavy (non-hydrogen) atoms. The molecule has 0 aromatic carbocycles. The third-order valence-electron chi connectivity index (χ3n) is 2.02. The van der Waals surface area contributed by atoms with Gasteiger partial charge in [0.15, 0.2) is 0 Å². The van der Waals surface area contributed by atoms with Crippen LogP contribution in [0.25, 0.3) is 0 Å². The second kappa shape index (κ2) is 3.23. The maximum atomic E-state index is 2.39. The minimum Gasteiger partial charge on any atom is -0.0830 e. The van der Waals surface area contributed by atoms with Gasteiger partial charge in [0.1, 0.15) is 0 Å². The van der Waals surface area contributed by atoms with Crippen LogP contribution in [0.4, 0.5) is 0 Å². The Kier molecular flexibility index (Phi) is 2.53. The summed E-state index contributed by atoms with van der Waals surface area (Å²) in [5, 5.41) is 0. The molecule has 1 aliphatic rings. The fourth-order valence-corrected chi connectivity index (χ4v) is 1.52. The van der Waals surface area contributed by atoms with Crippen molar-refractivity contribution in [3.63, 3.8) is 0 Å². The van der Waals surface area contributed by atoms with E-state index >= 15 is 0 Å². The quantitative estimate of drug-likeness (QED) is 0.524. The van der Waals surface area contributed by atoms with E-state index in [1.54, 1.807) is 0 Å². The molecule has 0 nitrogen and oxygen atoms in total. The molecule has 0 aromatic rings. The van der Waals surface area contributed by atoms with Gasteiger partial charge in [-0.3, -0.25) is 0 Å². The molecule has 1 unspecified atom stereocenters. The van der Waals surface area contributed by atoms with Crippen LogP contribution < -0.4 is 0 Å². The summed E-state index contributed by atoms with van der Waals surface area (Å²) < 4.78 is 0. The van der Waals surface area contributed by atoms with Crippen LogP contribution in [0.15, 0.2) is 11.6 Å². The summed E-state index contributed by atoms with van der Waals surface area (Å²) in [5.41, 5.74) is 1.47. The smallest absolute Gasteiger partial charge is 0.0257 e. The van der Waals surface area contributed by atoms with Crippen LogP contribution in [-0.4, -0.2) is 0 Å². The van der Waals surface area contributed by atoms with Gasteiger partial charge >= 0.3 is 0 Å². The largest absolute Gasteiger partial charge is 0.0830 e. The molecular formula is C10H18. The van der Waals surface area contributed by atoms with Gasteiger partial charge in [-0.2, -0.15) is 0 Å². The van der Waals surface area contributed by atoms with E-state index in [0.29, 0.717) is 0 Å². The first-order valence-electron chi connectivity index (χ1n) is 4.33. The maximum Gasteiger partial charge on any atom is -0.0257 e. The van der Waals surface area contributed by atoms with E-state index in [2.05, 4.69) is 26.8 Å². The van der Waals surface area contributed by atoms with Crippen LogP contribution in [0.1, 0.15) is 40.0 Å². The summed E-state index contributed by atoms with van der Waals surface area (Å²) in [6, 6.07) is 0. The van der Waals surface area contributed by atoms with Crippen molar-refractivity contribution in [2.75, 3.05) is 0 Å². The standard InChI is InChI=1S/C10H18/c1-8(2)6-9(3)7-10-4-5-10/h6,9-10H,4-5,7H2,1-3H3. The number of hydrogen-bond donors (Lipinski definition) is 0. The summed E-state index contributed by atoms with van der Waals surface area (Å²) in [7, 11) is 0. The van der Waals surface area contributed by atoms with Crippen molar-refractivity contribution in [3.8, 4) is 0 Å². The highest BCUT2D eigenvalue weighted by Gasteiger charge is 2.22. The van der Waals surface area contributed by atoms with E-state index in [4.69, 9.17) is 0 Å². The summed E-state index contributed by atoms with van der Waals surface area (Å²) in [5.74, 6) is 1.89. The molecule has 0 aliphatic heterocycles. The first-order chi connectivity index (χ1) is 4.68. The van der Waals surface area contributed by atoms with Crippen LogP contribution in [0, 0.1) is 11.8 Å². The topological polar surface area (TPSA) is 0 Å². The van der Waals surface area contributed by atoms with Gasteiger partial charge in [-0.05, 0) is 32.1 Å². The Bertz CT molecular complexity index is 125. The van der Waals surface area contributed by atoms with Crippen molar-refractivity contribution >= 4 is 0 Å². The van der Waals surface area contributed by atoms with Crippen molar-refractivity contribution in [2.24, 2.45) is 11.8 Å². The lowest BCUT2D eigenvalue weighted by atomic mass is 10.0. The SMILES string of the molecule is CC(C)=CC(C)CC1CC1. The Labute approximate surface area is 64.3 Å². The average molecular weight is 138 g/mol. The van der Waals surface area contributed by atoms with Gasteiger partial charge in [-0.25, -0.2) is 0 Å². The monoisotopic (exact) mass is 138 g/mol. The Morgan fingerprint density at radius 2 is 2.10 bits per heavy atom. The van der Waals surface area contributed by atoms with Crippen LogP contribution in [0.2, 0.25) is 0 Å². The summed E-state index contributed by atoms with van der Waals surface area (Å²) in [6.45, 7) is 6.69. The molecule has 1 saturated carbocycles. The van der Waals surface area contributed by atoms with Crippen LogP contribution >= 0.6 is 0 Å². The highest BCUT2D eigenvalue weighted by molar-refractivity contribution is 4.97. The van der Waals surface area contributed by atoms with E-state index in [-0.39, 0.29) is 0 Å². The van der Waals surface area contributed by atoms with Crippen molar-refractivity contribution in [1.29, 1.82) is 0 Å². The molecule has 0 saturated heterocycles. The molecule has 0 bridgehead atoms. The zero-order chi connectivity index (χ0) is 7.56. The predicted octanol–water partition coefficient (Wildman–Crippen LogP) is 3.39. The van der Waals surface area contributed by atoms with Crippen molar-refractivity contribution in [1.82, 2.24) is 0 Å². The fraction of sp³-hybridized carbons (Fsp3) is 0.800. The lowest BCUT2D eigenvalue weighted by molar-refractivity contribution is 0.588. The Balaban J connectivity index is 2.19. The first-order valence-corrected chi connectivity index (χ1v) is 4.33. The second-order valence-electron chi connectivity index (χ2n) is 3.90. The van der Waals surface area contributed by atoms with E-state index in [0.717, 1.165) is 11.8 Å². The summed E-state index contributed by atoms with van der Waals surface area (Å²) >= 11 is 0. The Hall–Kier alpha value is -0.260. The normalized spacial score (nSPS) is 20.3. The van der Waals surface area contributed by atoms with Gasteiger partial charge in [0.25, 0.3) is 0 Å². The van der Waals surface area contributed by atoms with Crippen LogP contribution in [0.5, 0.6) is 0 Å². The van der Waals surface area contributed by atoms with E-state index in [1.165, 1.54) is 24.8 Å². The summed E-state index contributed by atoms with van der Waals surface area (Å²) in [6.07, 6.45) is 6.78. The van der Waals surface area contributed by atoms with Gasteiger partial charge in [0.05, 0.1) is 0 Å². The number of rotatable bonds is 3. The highest BCUT2D eigenvalue weighted by Crippen LogP contribution is 2.35. The molecule has 1 fully saturated rings. The molecule has 0 aromatic heterocycles. The van der Waals surface area contributed by atoms with Gasteiger partial charge in [-0.1, -0.05) is 31.4 Å². The Morgan fingerprint density at radius 1 is 1.50 bits per heavy atom. The molecule has 1 aliphatic carbocycles. The molecule has 1 atom stereocenters. The molecule has 0 radical (unpaired) electrons. The average Bonchev–Trinajstić information content (AvgIpc) is 2.46. The van der Waals surface area contributed by atoms with Crippen molar-refractivity contribution < 1.29 is 0 Å². The predicted molar refractivity (Wildman–Crippen MR) is 45.9 cm³/mol. The molecule has 58 valence electrons. The minimum atomic E-state index is 0.817. The molecule has 0 amide bonds. The maximum absolute atomic E-state index is 2.39. The van der Waals surface area contributed by atoms with E-state index in [9.17, 15) is 0 Å². The van der Waals surface area contributed by atoms with Crippen molar-refractivity contribution in [2.45, 2.75) is 40.0 Å². The number of hydrogen-bond acceptors (Lipinski definition) is 0. The molecular weight excluding hydrogens is 120 g/mol. The molecule has 0 spiro atoms. The zero-order valence-electron chi connectivity index (χ0n) is 7.35. The van der Waals surface area contributed by atoms with E-state index in [1.807, 2.05) is 0 Å². The third kappa shape index (κ3) is 3.05. The van der Waals surface area contributed by atoms with Crippen molar-refractivity contribution in [3.05, 3.63) is 11.6 Å². The fourth-order valence-electron chi connectivity index (χ4n) is 1.52. The molecule has 1 rings (SSSR count). The Morgan fingerprint density at radius 3 is 2.50 bits per heavy atom. The first kappa shape index (κ1) is 7.84. The van der Waals surface area contributed by atoms with Gasteiger partial charge in [0.2, 0.25) is 0 Å². The van der Waals surface area contributed by atoms with Crippen LogP contribution in [0.3, 0.4) is 0 Å². The number of allylic oxidation sites excluding steroid dienone is 2. The lowest BCUT2D eigenvalue weighted by Gasteiger charge is -2.04. The zero-order valence-corrected chi connectivity index (χ0v) is 7.35. The second-order valence-corrected chi connectivity index (χ2v) is 3.90. The van der Waals surface area contributed by atoms with Gasteiger partial charge < -0.3 is 0 Å². The molecule has 0 heteroatoms. The molecule has 0 heterocycles. The third-order valence-corrected chi connectivity index (χ3v) is 2.02. The molecule has 0 N–H and O–H groups in total. The lowest BCUT2D eigenvalue weighted by Crippen LogP contribution is -1.91. The van der Waals surface area contributed by atoms with Gasteiger partial charge in [0, 0.05) is 0 Å². The minimum absolute atomic E-state index is 0.817. The van der Waals surface area contributed by atoms with Crippen LogP contribution in [-0.2, 0) is 0 Å². The highest BCUT2D eigenvalue weighted by atomic mass is 14.3. The summed E-state index contributed by atoms with van der Waals surface area (Å²) in [4.78, 5) is 0. The van der Waals surface area contributed by atoms with E-state index < -0.39 is 0 Å². The van der Waals surface area contributed by atoms with Gasteiger partial charge in [-0.15, -0.1) is 0 Å².